The van der Waals surface area contributed by atoms with E-state index in [1.807, 2.05) is 0 Å². The van der Waals surface area contributed by atoms with Gasteiger partial charge in [-0.05, 0) is 117 Å². The molecule has 5 rings (SSSR count). The third kappa shape index (κ3) is 3.85. The number of aliphatic hydroxyl groups is 1. The SMILES string of the molecule is CC1C(O)CCC2(C)C1CCC1(C)C3CCC4(C(=O)O)CCCC4C3CCC21.CC=CC(=O)O. The summed E-state index contributed by atoms with van der Waals surface area (Å²) in [4.78, 5) is 21.8. The largest absolute Gasteiger partial charge is 0.481 e. The highest BCUT2D eigenvalue weighted by molar-refractivity contribution is 5.79. The Morgan fingerprint density at radius 1 is 0.824 bits per heavy atom. The van der Waals surface area contributed by atoms with Crippen LogP contribution in [0.2, 0.25) is 0 Å². The Labute approximate surface area is 205 Å². The Morgan fingerprint density at radius 3 is 2.09 bits per heavy atom. The predicted molar refractivity (Wildman–Crippen MR) is 132 cm³/mol. The summed E-state index contributed by atoms with van der Waals surface area (Å²) in [6.45, 7) is 9.10. The van der Waals surface area contributed by atoms with Gasteiger partial charge in [-0.1, -0.05) is 33.3 Å². The third-order valence-corrected chi connectivity index (χ3v) is 11.8. The number of aliphatic carboxylic acids is 2. The highest BCUT2D eigenvalue weighted by Gasteiger charge is 2.65. The maximum Gasteiger partial charge on any atom is 0.327 e. The molecule has 0 spiro atoms. The van der Waals surface area contributed by atoms with Gasteiger partial charge in [0, 0.05) is 6.08 Å². The molecule has 5 aliphatic carbocycles. The van der Waals surface area contributed by atoms with Gasteiger partial charge in [0.15, 0.2) is 0 Å². The molecule has 0 aromatic heterocycles. The van der Waals surface area contributed by atoms with Gasteiger partial charge < -0.3 is 15.3 Å². The second-order valence-electron chi connectivity index (χ2n) is 12.9. The van der Waals surface area contributed by atoms with Crippen LogP contribution in [0.25, 0.3) is 0 Å². The van der Waals surface area contributed by atoms with Crippen LogP contribution in [-0.2, 0) is 9.59 Å². The van der Waals surface area contributed by atoms with Crippen LogP contribution in [0.3, 0.4) is 0 Å². The molecule has 5 heteroatoms. The molecule has 5 saturated carbocycles. The molecule has 192 valence electrons. The number of fused-ring (bicyclic) bond motifs is 7. The van der Waals surface area contributed by atoms with Gasteiger partial charge in [0.25, 0.3) is 0 Å². The first-order valence-corrected chi connectivity index (χ1v) is 13.8. The average molecular weight is 475 g/mol. The van der Waals surface area contributed by atoms with E-state index in [9.17, 15) is 19.8 Å². The number of aliphatic hydroxyl groups excluding tert-OH is 1. The molecule has 0 heterocycles. The molecule has 10 unspecified atom stereocenters. The number of carboxylic acid groups (broad SMARTS) is 2. The summed E-state index contributed by atoms with van der Waals surface area (Å²) >= 11 is 0. The van der Waals surface area contributed by atoms with Crippen LogP contribution in [0, 0.1) is 51.8 Å². The van der Waals surface area contributed by atoms with Crippen LogP contribution in [0.15, 0.2) is 12.2 Å². The lowest BCUT2D eigenvalue weighted by Gasteiger charge is -2.67. The second-order valence-corrected chi connectivity index (χ2v) is 12.9. The number of rotatable bonds is 2. The first-order valence-electron chi connectivity index (χ1n) is 13.8. The zero-order chi connectivity index (χ0) is 24.9. The van der Waals surface area contributed by atoms with Gasteiger partial charge in [-0.3, -0.25) is 4.79 Å². The molecule has 0 amide bonds. The Kier molecular flexibility index (Phi) is 7.01. The fourth-order valence-corrected chi connectivity index (χ4v) is 10.3. The molecule has 10 atom stereocenters. The minimum atomic E-state index is -0.891. The van der Waals surface area contributed by atoms with E-state index in [2.05, 4.69) is 20.8 Å². The Morgan fingerprint density at radius 2 is 1.47 bits per heavy atom. The van der Waals surface area contributed by atoms with Crippen molar-refractivity contribution in [1.29, 1.82) is 0 Å². The van der Waals surface area contributed by atoms with Crippen molar-refractivity contribution in [2.24, 2.45) is 51.8 Å². The van der Waals surface area contributed by atoms with Crippen LogP contribution < -0.4 is 0 Å². The van der Waals surface area contributed by atoms with Gasteiger partial charge in [-0.2, -0.15) is 0 Å². The summed E-state index contributed by atoms with van der Waals surface area (Å²) in [7, 11) is 0. The molecule has 0 aliphatic heterocycles. The Bertz CT molecular complexity index is 821. The van der Waals surface area contributed by atoms with E-state index in [1.165, 1.54) is 38.2 Å². The fourth-order valence-electron chi connectivity index (χ4n) is 10.3. The lowest BCUT2D eigenvalue weighted by Crippen LogP contribution is -2.61. The molecule has 5 aliphatic rings. The first-order chi connectivity index (χ1) is 16.0. The van der Waals surface area contributed by atoms with E-state index in [1.54, 1.807) is 6.92 Å². The first kappa shape index (κ1) is 25.7. The van der Waals surface area contributed by atoms with Crippen molar-refractivity contribution >= 4 is 11.9 Å². The number of carbonyl (C=O) groups is 2. The Hall–Kier alpha value is -1.36. The van der Waals surface area contributed by atoms with E-state index in [-0.39, 0.29) is 6.10 Å². The molecule has 0 aromatic rings. The monoisotopic (exact) mass is 474 g/mol. The van der Waals surface area contributed by atoms with Gasteiger partial charge in [0.2, 0.25) is 0 Å². The minimum absolute atomic E-state index is 0.108. The standard InChI is InChI=1S/C25H40O3.C4H6O2/c1-15-17-8-12-24(3)18-9-14-25(22(27)28)11-4-5-19(25)16(18)6-7-21(24)23(17,2)13-10-20(15)26;1-2-3-4(5)6/h15-21,26H,4-14H2,1-3H3,(H,27,28);2-3H,1H3,(H,5,6). The minimum Gasteiger partial charge on any atom is -0.481 e. The molecule has 3 N–H and O–H groups in total. The van der Waals surface area contributed by atoms with Gasteiger partial charge in [-0.15, -0.1) is 0 Å². The summed E-state index contributed by atoms with van der Waals surface area (Å²) in [6, 6.07) is 0. The lowest BCUT2D eigenvalue weighted by molar-refractivity contribution is -0.199. The highest BCUT2D eigenvalue weighted by atomic mass is 16.4. The van der Waals surface area contributed by atoms with Crippen LogP contribution >= 0.6 is 0 Å². The topological polar surface area (TPSA) is 94.8 Å². The van der Waals surface area contributed by atoms with Crippen molar-refractivity contribution in [3.63, 3.8) is 0 Å². The van der Waals surface area contributed by atoms with E-state index >= 15 is 0 Å². The summed E-state index contributed by atoms with van der Waals surface area (Å²) < 4.78 is 0. The molecule has 34 heavy (non-hydrogen) atoms. The van der Waals surface area contributed by atoms with Crippen molar-refractivity contribution in [2.75, 3.05) is 0 Å². The van der Waals surface area contributed by atoms with Crippen molar-refractivity contribution in [2.45, 2.75) is 104 Å². The maximum atomic E-state index is 12.3. The molecular weight excluding hydrogens is 428 g/mol. The second kappa shape index (κ2) is 9.26. The number of allylic oxidation sites excluding steroid dienone is 1. The van der Waals surface area contributed by atoms with Gasteiger partial charge in [0.1, 0.15) is 0 Å². The zero-order valence-corrected chi connectivity index (χ0v) is 21.6. The number of hydrogen-bond acceptors (Lipinski definition) is 3. The Balaban J connectivity index is 0.000000408. The summed E-state index contributed by atoms with van der Waals surface area (Å²) in [5.74, 6) is 2.26. The quantitative estimate of drug-likeness (QED) is 0.417. The normalized spacial score (nSPS) is 49.6. The van der Waals surface area contributed by atoms with E-state index in [0.29, 0.717) is 34.5 Å². The molecule has 0 saturated heterocycles. The molecule has 5 nitrogen and oxygen atoms in total. The molecule has 0 aromatic carbocycles. The average Bonchev–Trinajstić information content (AvgIpc) is 3.23. The van der Waals surface area contributed by atoms with E-state index in [4.69, 9.17) is 5.11 Å². The lowest BCUT2D eigenvalue weighted by atomic mass is 9.37. The predicted octanol–water partition coefficient (Wildman–Crippen LogP) is 6.15. The highest BCUT2D eigenvalue weighted by Crippen LogP contribution is 2.71. The molecule has 0 bridgehead atoms. The molecule has 5 fully saturated rings. The van der Waals surface area contributed by atoms with Gasteiger partial charge in [-0.25, -0.2) is 4.79 Å². The summed E-state index contributed by atoms with van der Waals surface area (Å²) in [5, 5.41) is 28.4. The smallest absolute Gasteiger partial charge is 0.327 e. The zero-order valence-electron chi connectivity index (χ0n) is 21.6. The van der Waals surface area contributed by atoms with E-state index in [0.717, 1.165) is 56.4 Å². The van der Waals surface area contributed by atoms with Crippen molar-refractivity contribution in [1.82, 2.24) is 0 Å². The van der Waals surface area contributed by atoms with Crippen LogP contribution in [-0.4, -0.2) is 33.4 Å². The van der Waals surface area contributed by atoms with Crippen molar-refractivity contribution in [3.8, 4) is 0 Å². The number of hydrogen-bond donors (Lipinski definition) is 3. The van der Waals surface area contributed by atoms with Crippen LogP contribution in [0.1, 0.15) is 98.3 Å². The van der Waals surface area contributed by atoms with Gasteiger partial charge in [0.05, 0.1) is 11.5 Å². The van der Waals surface area contributed by atoms with Crippen LogP contribution in [0.5, 0.6) is 0 Å². The van der Waals surface area contributed by atoms with E-state index < -0.39 is 17.4 Å². The third-order valence-electron chi connectivity index (χ3n) is 11.8. The number of carboxylic acids is 2. The van der Waals surface area contributed by atoms with Crippen molar-refractivity contribution in [3.05, 3.63) is 12.2 Å². The molecule has 0 radical (unpaired) electrons. The molecular formula is C29H46O5. The summed E-state index contributed by atoms with van der Waals surface area (Å²) in [5.41, 5.74) is 0.353. The fraction of sp³-hybridized carbons (Fsp3) is 0.862. The van der Waals surface area contributed by atoms with Crippen molar-refractivity contribution < 1.29 is 24.9 Å². The summed E-state index contributed by atoms with van der Waals surface area (Å²) in [6.07, 6.45) is 15.0. The van der Waals surface area contributed by atoms with Gasteiger partial charge >= 0.3 is 11.9 Å². The van der Waals surface area contributed by atoms with Crippen LogP contribution in [0.4, 0.5) is 0 Å². The maximum absolute atomic E-state index is 12.3.